The van der Waals surface area contributed by atoms with Gasteiger partial charge in [0, 0.05) is 36.1 Å². The number of aromatic nitrogens is 1. The number of aliphatic hydroxyl groups is 1. The molecule has 34 heavy (non-hydrogen) atoms. The molecule has 0 unspecified atom stereocenters. The van der Waals surface area contributed by atoms with Crippen molar-refractivity contribution in [3.8, 4) is 0 Å². The molecular weight excluding hydrogens is 467 g/mol. The Morgan fingerprint density at radius 3 is 2.68 bits per heavy atom. The molecule has 4 rings (SSSR count). The Hall–Kier alpha value is -2.30. The van der Waals surface area contributed by atoms with Crippen molar-refractivity contribution in [2.45, 2.75) is 56.3 Å². The van der Waals surface area contributed by atoms with Crippen LogP contribution >= 0.6 is 11.3 Å². The second-order valence-corrected chi connectivity index (χ2v) is 10.1. The van der Waals surface area contributed by atoms with Crippen LogP contribution in [0.3, 0.4) is 0 Å². The molecule has 2 heterocycles. The standard InChI is InChI=1S/C24H28F3N3O3S/c25-24(26,27)18-3-1-2-17(13-18)21(32)29-14-20(31)12-16-6-10-30(15-16)19-4-7-23(33,8-5-19)22-28-9-11-34-22/h1-3,9,11,13,16,19,33H,4-8,10,12,14-15H2,(H,29,32)/t16-,19?,23?/m0/s1. The number of halogens is 3. The van der Waals surface area contributed by atoms with Gasteiger partial charge in [0.2, 0.25) is 0 Å². The van der Waals surface area contributed by atoms with Crippen molar-refractivity contribution in [3.05, 3.63) is 52.0 Å². The molecule has 10 heteroatoms. The van der Waals surface area contributed by atoms with Gasteiger partial charge in [-0.2, -0.15) is 13.2 Å². The Kier molecular flexibility index (Phi) is 7.39. The summed E-state index contributed by atoms with van der Waals surface area (Å²) in [7, 11) is 0. The number of benzene rings is 1. The summed E-state index contributed by atoms with van der Waals surface area (Å²) in [6.07, 6.45) is 1.51. The lowest BCUT2D eigenvalue weighted by Gasteiger charge is -2.38. The van der Waals surface area contributed by atoms with E-state index in [0.717, 1.165) is 49.5 Å². The highest BCUT2D eigenvalue weighted by molar-refractivity contribution is 7.09. The Labute approximate surface area is 200 Å². The van der Waals surface area contributed by atoms with Gasteiger partial charge in [-0.3, -0.25) is 9.59 Å². The first kappa shape index (κ1) is 24.8. The fraction of sp³-hybridized carbons (Fsp3) is 0.542. The van der Waals surface area contributed by atoms with Crippen LogP contribution < -0.4 is 5.32 Å². The summed E-state index contributed by atoms with van der Waals surface area (Å²) in [6.45, 7) is 1.50. The first-order valence-electron chi connectivity index (χ1n) is 11.5. The maximum Gasteiger partial charge on any atom is 0.416 e. The van der Waals surface area contributed by atoms with E-state index in [1.54, 1.807) is 6.20 Å². The van der Waals surface area contributed by atoms with Crippen molar-refractivity contribution in [2.24, 2.45) is 5.92 Å². The highest BCUT2D eigenvalue weighted by Gasteiger charge is 2.40. The minimum Gasteiger partial charge on any atom is -0.383 e. The number of thiazole rings is 1. The number of amides is 1. The quantitative estimate of drug-likeness (QED) is 0.607. The Morgan fingerprint density at radius 1 is 1.24 bits per heavy atom. The van der Waals surface area contributed by atoms with Crippen molar-refractivity contribution in [2.75, 3.05) is 19.6 Å². The molecule has 184 valence electrons. The number of carbonyl (C=O) groups is 2. The topological polar surface area (TPSA) is 82.5 Å². The third kappa shape index (κ3) is 5.84. The molecule has 1 amide bonds. The van der Waals surface area contributed by atoms with Crippen LogP contribution in [0.1, 0.15) is 59.5 Å². The highest BCUT2D eigenvalue weighted by atomic mass is 32.1. The van der Waals surface area contributed by atoms with Crippen molar-refractivity contribution in [1.29, 1.82) is 0 Å². The molecule has 1 atom stereocenters. The maximum absolute atomic E-state index is 12.8. The maximum atomic E-state index is 12.8. The normalized spacial score (nSPS) is 25.9. The van der Waals surface area contributed by atoms with Gasteiger partial charge in [0.25, 0.3) is 5.91 Å². The average molecular weight is 496 g/mol. The summed E-state index contributed by atoms with van der Waals surface area (Å²) in [5, 5.41) is 16.0. The van der Waals surface area contributed by atoms with Crippen LogP contribution in [-0.2, 0) is 16.6 Å². The van der Waals surface area contributed by atoms with Gasteiger partial charge in [-0.05, 0) is 62.8 Å². The third-order valence-electron chi connectivity index (χ3n) is 6.86. The Balaban J connectivity index is 1.21. The molecule has 1 aliphatic heterocycles. The summed E-state index contributed by atoms with van der Waals surface area (Å²) in [6, 6.07) is 4.54. The zero-order valence-electron chi connectivity index (χ0n) is 18.7. The lowest BCUT2D eigenvalue weighted by atomic mass is 9.82. The minimum absolute atomic E-state index is 0.121. The largest absolute Gasteiger partial charge is 0.416 e. The SMILES string of the molecule is O=C(CNC(=O)c1cccc(C(F)(F)F)c1)C[C@@H]1CCN(C2CCC(O)(c3nccs3)CC2)C1. The number of Topliss-reactive ketones (excluding diaryl/α,β-unsaturated/α-hetero) is 1. The van der Waals surface area contributed by atoms with E-state index in [-0.39, 0.29) is 23.8 Å². The van der Waals surface area contributed by atoms with Gasteiger partial charge in [-0.15, -0.1) is 11.3 Å². The number of carbonyl (C=O) groups excluding carboxylic acids is 2. The molecule has 2 fully saturated rings. The number of hydrogen-bond donors (Lipinski definition) is 2. The summed E-state index contributed by atoms with van der Waals surface area (Å²) in [4.78, 5) is 31.3. The van der Waals surface area contributed by atoms with Gasteiger partial charge in [-0.25, -0.2) is 4.98 Å². The molecule has 2 aliphatic rings. The molecule has 1 aliphatic carbocycles. The van der Waals surface area contributed by atoms with Gasteiger partial charge in [-0.1, -0.05) is 6.07 Å². The minimum atomic E-state index is -4.53. The molecule has 1 aromatic heterocycles. The number of ketones is 1. The zero-order chi connectivity index (χ0) is 24.3. The first-order chi connectivity index (χ1) is 16.1. The number of hydrogen-bond acceptors (Lipinski definition) is 6. The molecule has 0 radical (unpaired) electrons. The van der Waals surface area contributed by atoms with E-state index in [2.05, 4.69) is 15.2 Å². The summed E-state index contributed by atoms with van der Waals surface area (Å²) < 4.78 is 38.5. The predicted molar refractivity (Wildman–Crippen MR) is 121 cm³/mol. The highest BCUT2D eigenvalue weighted by Crippen LogP contribution is 2.40. The lowest BCUT2D eigenvalue weighted by Crippen LogP contribution is -2.41. The monoisotopic (exact) mass is 495 g/mol. The van der Waals surface area contributed by atoms with Gasteiger partial charge in [0.1, 0.15) is 10.6 Å². The molecule has 1 aromatic carbocycles. The number of rotatable bonds is 7. The number of nitrogens with one attached hydrogen (secondary N) is 1. The molecular formula is C24H28F3N3O3S. The van der Waals surface area contributed by atoms with Crippen LogP contribution in [-0.4, -0.2) is 52.4 Å². The molecule has 6 nitrogen and oxygen atoms in total. The van der Waals surface area contributed by atoms with Crippen LogP contribution in [0.4, 0.5) is 13.2 Å². The molecule has 1 saturated carbocycles. The van der Waals surface area contributed by atoms with Crippen molar-refractivity contribution < 1.29 is 27.9 Å². The fourth-order valence-electron chi connectivity index (χ4n) is 4.99. The first-order valence-corrected chi connectivity index (χ1v) is 12.4. The summed E-state index contributed by atoms with van der Waals surface area (Å²) in [5.74, 6) is -0.630. The smallest absolute Gasteiger partial charge is 0.383 e. The lowest BCUT2D eigenvalue weighted by molar-refractivity contribution is -0.137. The number of likely N-dealkylation sites (tertiary alicyclic amines) is 1. The molecule has 1 saturated heterocycles. The van der Waals surface area contributed by atoms with E-state index in [0.29, 0.717) is 25.3 Å². The van der Waals surface area contributed by atoms with Crippen LogP contribution in [0.25, 0.3) is 0 Å². The summed E-state index contributed by atoms with van der Waals surface area (Å²) in [5.41, 5.74) is -1.85. The predicted octanol–water partition coefficient (Wildman–Crippen LogP) is 4.00. The second kappa shape index (κ2) is 10.1. The van der Waals surface area contributed by atoms with E-state index < -0.39 is 23.2 Å². The molecule has 2 aromatic rings. The number of nitrogens with zero attached hydrogens (tertiary/aromatic N) is 2. The van der Waals surface area contributed by atoms with Crippen LogP contribution in [0.2, 0.25) is 0 Å². The van der Waals surface area contributed by atoms with Gasteiger partial charge in [0.05, 0.1) is 12.1 Å². The van der Waals surface area contributed by atoms with E-state index in [1.165, 1.54) is 23.5 Å². The molecule has 0 spiro atoms. The summed E-state index contributed by atoms with van der Waals surface area (Å²) >= 11 is 1.48. The molecule has 2 N–H and O–H groups in total. The van der Waals surface area contributed by atoms with E-state index in [1.807, 2.05) is 5.38 Å². The van der Waals surface area contributed by atoms with Gasteiger partial charge >= 0.3 is 6.18 Å². The second-order valence-electron chi connectivity index (χ2n) is 9.25. The van der Waals surface area contributed by atoms with Crippen LogP contribution in [0.15, 0.2) is 35.8 Å². The zero-order valence-corrected chi connectivity index (χ0v) is 19.5. The third-order valence-corrected chi connectivity index (χ3v) is 7.83. The van der Waals surface area contributed by atoms with E-state index >= 15 is 0 Å². The van der Waals surface area contributed by atoms with E-state index in [4.69, 9.17) is 0 Å². The Bertz CT molecular complexity index is 1000. The van der Waals surface area contributed by atoms with Crippen LogP contribution in [0, 0.1) is 5.92 Å². The van der Waals surface area contributed by atoms with Crippen molar-refractivity contribution in [3.63, 3.8) is 0 Å². The Morgan fingerprint density at radius 2 is 2.00 bits per heavy atom. The van der Waals surface area contributed by atoms with E-state index in [9.17, 15) is 27.9 Å². The van der Waals surface area contributed by atoms with Crippen molar-refractivity contribution in [1.82, 2.24) is 15.2 Å². The fourth-order valence-corrected chi connectivity index (χ4v) is 5.78. The van der Waals surface area contributed by atoms with Crippen molar-refractivity contribution >= 4 is 23.0 Å². The van der Waals surface area contributed by atoms with Crippen LogP contribution in [0.5, 0.6) is 0 Å². The number of alkyl halides is 3. The molecule has 0 bridgehead atoms. The average Bonchev–Trinajstić information content (AvgIpc) is 3.51. The van der Waals surface area contributed by atoms with Gasteiger partial charge in [0.15, 0.2) is 5.78 Å². The van der Waals surface area contributed by atoms with Gasteiger partial charge < -0.3 is 15.3 Å².